The molecule has 0 N–H and O–H groups in total. The number of hydrogen-bond acceptors (Lipinski definition) is 5. The van der Waals surface area contributed by atoms with Crippen LogP contribution >= 0.6 is 0 Å². The lowest BCUT2D eigenvalue weighted by Crippen LogP contribution is -2.50. The third-order valence-corrected chi connectivity index (χ3v) is 4.70. The Balaban J connectivity index is 1.48. The predicted molar refractivity (Wildman–Crippen MR) is 80.4 cm³/mol. The second kappa shape index (κ2) is 5.77. The number of ether oxygens (including phenoxy) is 1. The van der Waals surface area contributed by atoms with E-state index >= 15 is 0 Å². The molecule has 2 aromatic heterocycles. The molecule has 1 saturated heterocycles. The van der Waals surface area contributed by atoms with E-state index in [1.165, 1.54) is 0 Å². The minimum atomic E-state index is 0.0624. The standard InChI is InChI=1S/C15H20N6O2/c1-2-14-16-4-6-19(14)9-15(22)20-5-3-13-12(8-20)21-11(10-23-13)7-17-18-21/h4,6-7,12-13H,2-3,5,8-10H2,1H3. The SMILES string of the molecule is CCc1nccn1CC(=O)N1CCC2OCc3cnnn3C2C1. The van der Waals surface area contributed by atoms with Crippen molar-refractivity contribution >= 4 is 5.91 Å². The molecule has 8 nitrogen and oxygen atoms in total. The average Bonchev–Trinajstić information content (AvgIpc) is 3.22. The second-order valence-electron chi connectivity index (χ2n) is 6.04. The van der Waals surface area contributed by atoms with E-state index in [1.807, 2.05) is 27.3 Å². The van der Waals surface area contributed by atoms with Gasteiger partial charge in [-0.05, 0) is 6.42 Å². The van der Waals surface area contributed by atoms with Crippen molar-refractivity contribution in [3.63, 3.8) is 0 Å². The van der Waals surface area contributed by atoms with Crippen LogP contribution in [0.15, 0.2) is 18.6 Å². The summed E-state index contributed by atoms with van der Waals surface area (Å²) in [5.74, 6) is 1.05. The Morgan fingerprint density at radius 3 is 3.26 bits per heavy atom. The molecule has 2 aromatic rings. The topological polar surface area (TPSA) is 78.1 Å². The van der Waals surface area contributed by atoms with Crippen molar-refractivity contribution in [2.45, 2.75) is 45.1 Å². The number of carbonyl (C=O) groups is 1. The molecule has 0 aliphatic carbocycles. The van der Waals surface area contributed by atoms with Crippen LogP contribution < -0.4 is 0 Å². The molecular formula is C15H20N6O2. The van der Waals surface area contributed by atoms with Crippen LogP contribution in [0.5, 0.6) is 0 Å². The van der Waals surface area contributed by atoms with Crippen LogP contribution in [0, 0.1) is 0 Å². The van der Waals surface area contributed by atoms with Crippen molar-refractivity contribution in [3.8, 4) is 0 Å². The van der Waals surface area contributed by atoms with E-state index in [4.69, 9.17) is 4.74 Å². The molecule has 0 bridgehead atoms. The number of likely N-dealkylation sites (tertiary alicyclic amines) is 1. The number of hydrogen-bond donors (Lipinski definition) is 0. The van der Waals surface area contributed by atoms with Gasteiger partial charge in [0.2, 0.25) is 5.91 Å². The Morgan fingerprint density at radius 1 is 1.48 bits per heavy atom. The number of rotatable bonds is 3. The number of carbonyl (C=O) groups excluding carboxylic acids is 1. The van der Waals surface area contributed by atoms with Crippen molar-refractivity contribution in [3.05, 3.63) is 30.1 Å². The van der Waals surface area contributed by atoms with Crippen molar-refractivity contribution in [1.82, 2.24) is 29.4 Å². The van der Waals surface area contributed by atoms with Crippen molar-refractivity contribution in [1.29, 1.82) is 0 Å². The Kier molecular flexibility index (Phi) is 3.60. The highest BCUT2D eigenvalue weighted by Crippen LogP contribution is 2.30. The molecule has 2 aliphatic heterocycles. The van der Waals surface area contributed by atoms with Gasteiger partial charge < -0.3 is 14.2 Å². The number of aryl methyl sites for hydroxylation is 1. The monoisotopic (exact) mass is 316 g/mol. The molecule has 2 unspecified atom stereocenters. The first-order chi connectivity index (χ1) is 11.3. The van der Waals surface area contributed by atoms with E-state index < -0.39 is 0 Å². The van der Waals surface area contributed by atoms with E-state index in [2.05, 4.69) is 15.3 Å². The van der Waals surface area contributed by atoms with Gasteiger partial charge in [0.05, 0.1) is 30.6 Å². The lowest BCUT2D eigenvalue weighted by atomic mass is 10.0. The summed E-state index contributed by atoms with van der Waals surface area (Å²) in [5, 5.41) is 8.14. The van der Waals surface area contributed by atoms with Crippen molar-refractivity contribution in [2.75, 3.05) is 13.1 Å². The molecule has 122 valence electrons. The highest BCUT2D eigenvalue weighted by molar-refractivity contribution is 5.76. The quantitative estimate of drug-likeness (QED) is 0.819. The minimum absolute atomic E-state index is 0.0624. The van der Waals surface area contributed by atoms with Crippen LogP contribution in [0.2, 0.25) is 0 Å². The van der Waals surface area contributed by atoms with Gasteiger partial charge in [-0.25, -0.2) is 9.67 Å². The van der Waals surface area contributed by atoms with Gasteiger partial charge in [0, 0.05) is 31.9 Å². The molecule has 23 heavy (non-hydrogen) atoms. The molecule has 0 aromatic carbocycles. The molecule has 0 saturated carbocycles. The summed E-state index contributed by atoms with van der Waals surface area (Å²) in [6, 6.07) is 0.0624. The fourth-order valence-electron chi connectivity index (χ4n) is 3.45. The van der Waals surface area contributed by atoms with Gasteiger partial charge in [-0.15, -0.1) is 5.10 Å². The summed E-state index contributed by atoms with van der Waals surface area (Å²) < 4.78 is 9.73. The first-order valence-corrected chi connectivity index (χ1v) is 8.04. The third-order valence-electron chi connectivity index (χ3n) is 4.70. The van der Waals surface area contributed by atoms with Gasteiger partial charge in [-0.1, -0.05) is 12.1 Å². The van der Waals surface area contributed by atoms with Crippen LogP contribution in [-0.4, -0.2) is 54.5 Å². The zero-order chi connectivity index (χ0) is 15.8. The fraction of sp³-hybridized carbons (Fsp3) is 0.600. The summed E-state index contributed by atoms with van der Waals surface area (Å²) in [6.45, 7) is 4.28. The van der Waals surface area contributed by atoms with Gasteiger partial charge in [0.1, 0.15) is 12.4 Å². The normalized spacial score (nSPS) is 23.4. The molecular weight excluding hydrogens is 296 g/mol. The van der Waals surface area contributed by atoms with Gasteiger partial charge in [-0.2, -0.15) is 0 Å². The Bertz CT molecular complexity index is 708. The van der Waals surface area contributed by atoms with Crippen molar-refractivity contribution in [2.24, 2.45) is 0 Å². The predicted octanol–water partition coefficient (Wildman–Crippen LogP) is 0.409. The second-order valence-corrected chi connectivity index (χ2v) is 6.04. The Labute approximate surface area is 134 Å². The van der Waals surface area contributed by atoms with E-state index in [9.17, 15) is 4.79 Å². The zero-order valence-electron chi connectivity index (χ0n) is 13.1. The van der Waals surface area contributed by atoms with Gasteiger partial charge in [0.15, 0.2) is 0 Å². The van der Waals surface area contributed by atoms with Crippen LogP contribution in [-0.2, 0) is 29.1 Å². The van der Waals surface area contributed by atoms with E-state index in [1.54, 1.807) is 12.4 Å². The van der Waals surface area contributed by atoms with Crippen LogP contribution in [0.25, 0.3) is 0 Å². The number of fused-ring (bicyclic) bond motifs is 3. The molecule has 0 radical (unpaired) electrons. The maximum Gasteiger partial charge on any atom is 0.242 e. The Morgan fingerprint density at radius 2 is 2.39 bits per heavy atom. The molecule has 2 aliphatic rings. The van der Waals surface area contributed by atoms with Gasteiger partial charge >= 0.3 is 0 Å². The molecule has 1 amide bonds. The number of nitrogens with zero attached hydrogens (tertiary/aromatic N) is 6. The van der Waals surface area contributed by atoms with Crippen LogP contribution in [0.3, 0.4) is 0 Å². The summed E-state index contributed by atoms with van der Waals surface area (Å²) in [5.41, 5.74) is 0.975. The van der Waals surface area contributed by atoms with Crippen LogP contribution in [0.4, 0.5) is 0 Å². The fourth-order valence-corrected chi connectivity index (χ4v) is 3.45. The maximum atomic E-state index is 12.6. The third kappa shape index (κ3) is 2.52. The molecule has 8 heteroatoms. The number of aromatic nitrogens is 5. The first-order valence-electron chi connectivity index (χ1n) is 8.04. The summed E-state index contributed by atoms with van der Waals surface area (Å²) in [7, 11) is 0. The smallest absolute Gasteiger partial charge is 0.242 e. The summed E-state index contributed by atoms with van der Waals surface area (Å²) in [6.07, 6.45) is 7.11. The number of amides is 1. The van der Waals surface area contributed by atoms with Gasteiger partial charge in [0.25, 0.3) is 0 Å². The lowest BCUT2D eigenvalue weighted by Gasteiger charge is -2.41. The largest absolute Gasteiger partial charge is 0.370 e. The Hall–Kier alpha value is -2.22. The van der Waals surface area contributed by atoms with E-state index in [0.29, 0.717) is 19.7 Å². The molecule has 2 atom stereocenters. The summed E-state index contributed by atoms with van der Waals surface area (Å²) in [4.78, 5) is 18.8. The van der Waals surface area contributed by atoms with Crippen molar-refractivity contribution < 1.29 is 9.53 Å². The lowest BCUT2D eigenvalue weighted by molar-refractivity contribution is -0.138. The molecule has 1 fully saturated rings. The van der Waals surface area contributed by atoms with Crippen LogP contribution in [0.1, 0.15) is 30.9 Å². The number of piperidine rings is 1. The summed E-state index contributed by atoms with van der Waals surface area (Å²) >= 11 is 0. The minimum Gasteiger partial charge on any atom is -0.370 e. The highest BCUT2D eigenvalue weighted by Gasteiger charge is 2.37. The average molecular weight is 316 g/mol. The zero-order valence-corrected chi connectivity index (χ0v) is 13.1. The molecule has 4 rings (SSSR count). The first kappa shape index (κ1) is 14.4. The van der Waals surface area contributed by atoms with E-state index in [-0.39, 0.29) is 18.1 Å². The van der Waals surface area contributed by atoms with E-state index in [0.717, 1.165) is 30.9 Å². The highest BCUT2D eigenvalue weighted by atomic mass is 16.5. The number of imidazole rings is 1. The molecule has 0 spiro atoms. The maximum absolute atomic E-state index is 12.6. The van der Waals surface area contributed by atoms with Gasteiger partial charge in [-0.3, -0.25) is 4.79 Å². The molecule has 4 heterocycles.